The van der Waals surface area contributed by atoms with Crippen LogP contribution in [0.2, 0.25) is 0 Å². The molecule has 0 N–H and O–H groups in total. The Balaban J connectivity index is 2.33. The van der Waals surface area contributed by atoms with Gasteiger partial charge in [-0.15, -0.1) is 11.3 Å². The summed E-state index contributed by atoms with van der Waals surface area (Å²) in [7, 11) is 0. The first kappa shape index (κ1) is 11.9. The summed E-state index contributed by atoms with van der Waals surface area (Å²) in [4.78, 5) is 1.92. The van der Waals surface area contributed by atoms with Crippen molar-refractivity contribution in [1.82, 2.24) is 0 Å². The summed E-state index contributed by atoms with van der Waals surface area (Å²) in [5.41, 5.74) is 2.70. The van der Waals surface area contributed by atoms with Crippen molar-refractivity contribution >= 4 is 11.3 Å². The number of thiophene rings is 1. The minimum atomic E-state index is 0.186. The molecule has 0 unspecified atom stereocenters. The van der Waals surface area contributed by atoms with Crippen LogP contribution in [0, 0.1) is 11.3 Å². The molecule has 0 saturated heterocycles. The van der Waals surface area contributed by atoms with E-state index in [4.69, 9.17) is 5.26 Å². The number of rotatable bonds is 1. The van der Waals surface area contributed by atoms with Gasteiger partial charge in [-0.3, -0.25) is 0 Å². The van der Waals surface area contributed by atoms with Crippen molar-refractivity contribution in [1.29, 1.82) is 5.26 Å². The summed E-state index contributed by atoms with van der Waals surface area (Å²) < 4.78 is 0. The molecule has 0 aliphatic heterocycles. The van der Waals surface area contributed by atoms with E-state index in [9.17, 15) is 0 Å². The Hall–Kier alpha value is -1.59. The maximum Gasteiger partial charge on any atom is 0.110 e. The van der Waals surface area contributed by atoms with Crippen LogP contribution in [-0.2, 0) is 5.41 Å². The standard InChI is InChI=1S/C15H15NS/c1-15(2,3)12-6-4-11(5-7-12)14-9-8-13(10-16)17-14/h4-9H,1-3H3. The zero-order valence-corrected chi connectivity index (χ0v) is 11.1. The van der Waals surface area contributed by atoms with Crippen molar-refractivity contribution in [2.45, 2.75) is 26.2 Å². The second kappa shape index (κ2) is 4.35. The molecule has 1 aromatic heterocycles. The summed E-state index contributed by atoms with van der Waals surface area (Å²) in [6, 6.07) is 14.7. The topological polar surface area (TPSA) is 23.8 Å². The lowest BCUT2D eigenvalue weighted by atomic mass is 9.86. The van der Waals surface area contributed by atoms with Crippen molar-refractivity contribution in [2.75, 3.05) is 0 Å². The van der Waals surface area contributed by atoms with Crippen molar-refractivity contribution in [3.8, 4) is 16.5 Å². The van der Waals surface area contributed by atoms with E-state index in [0.717, 1.165) is 9.75 Å². The fourth-order valence-electron chi connectivity index (χ4n) is 1.69. The third-order valence-corrected chi connectivity index (χ3v) is 3.79. The van der Waals surface area contributed by atoms with Gasteiger partial charge < -0.3 is 0 Å². The third-order valence-electron chi connectivity index (χ3n) is 2.75. The first-order valence-electron chi connectivity index (χ1n) is 5.61. The van der Waals surface area contributed by atoms with E-state index in [0.29, 0.717) is 0 Å². The van der Waals surface area contributed by atoms with Gasteiger partial charge in [0.25, 0.3) is 0 Å². The van der Waals surface area contributed by atoms with Crippen LogP contribution in [0.1, 0.15) is 31.2 Å². The van der Waals surface area contributed by atoms with Gasteiger partial charge in [-0.1, -0.05) is 45.0 Å². The molecule has 0 spiro atoms. The normalized spacial score (nSPS) is 11.2. The smallest absolute Gasteiger partial charge is 0.110 e. The lowest BCUT2D eigenvalue weighted by Gasteiger charge is -2.18. The van der Waals surface area contributed by atoms with Crippen LogP contribution in [0.25, 0.3) is 10.4 Å². The highest BCUT2D eigenvalue weighted by molar-refractivity contribution is 7.16. The van der Waals surface area contributed by atoms with Gasteiger partial charge >= 0.3 is 0 Å². The Bertz CT molecular complexity index is 550. The van der Waals surface area contributed by atoms with Crippen LogP contribution in [0.4, 0.5) is 0 Å². The maximum atomic E-state index is 8.81. The van der Waals surface area contributed by atoms with Crippen molar-refractivity contribution < 1.29 is 0 Å². The zero-order chi connectivity index (χ0) is 12.5. The Morgan fingerprint density at radius 2 is 1.65 bits per heavy atom. The molecule has 0 aliphatic carbocycles. The van der Waals surface area contributed by atoms with E-state index in [1.54, 1.807) is 0 Å². The molecule has 1 nitrogen and oxygen atoms in total. The lowest BCUT2D eigenvalue weighted by Crippen LogP contribution is -2.10. The minimum absolute atomic E-state index is 0.186. The molecule has 1 aromatic carbocycles. The molecule has 0 fully saturated rings. The summed E-state index contributed by atoms with van der Waals surface area (Å²) in [5, 5.41) is 8.81. The Labute approximate surface area is 106 Å². The monoisotopic (exact) mass is 241 g/mol. The first-order chi connectivity index (χ1) is 8.00. The highest BCUT2D eigenvalue weighted by Gasteiger charge is 2.13. The van der Waals surface area contributed by atoms with Crippen molar-refractivity contribution in [3.63, 3.8) is 0 Å². The molecule has 0 saturated carbocycles. The lowest BCUT2D eigenvalue weighted by molar-refractivity contribution is 0.590. The molecule has 2 aromatic rings. The molecule has 0 atom stereocenters. The zero-order valence-electron chi connectivity index (χ0n) is 10.3. The molecule has 0 radical (unpaired) electrons. The third kappa shape index (κ3) is 2.57. The van der Waals surface area contributed by atoms with Crippen LogP contribution < -0.4 is 0 Å². The molecule has 0 aliphatic rings. The van der Waals surface area contributed by atoms with Crippen LogP contribution in [0.5, 0.6) is 0 Å². The molecular weight excluding hydrogens is 226 g/mol. The van der Waals surface area contributed by atoms with Crippen LogP contribution in [0.3, 0.4) is 0 Å². The van der Waals surface area contributed by atoms with Gasteiger partial charge in [0.1, 0.15) is 10.9 Å². The maximum absolute atomic E-state index is 8.81. The Kier molecular flexibility index (Phi) is 3.04. The molecule has 0 bridgehead atoms. The van der Waals surface area contributed by atoms with Gasteiger partial charge in [-0.25, -0.2) is 0 Å². The van der Waals surface area contributed by atoms with Crippen LogP contribution in [-0.4, -0.2) is 0 Å². The number of benzene rings is 1. The summed E-state index contributed by atoms with van der Waals surface area (Å²) in [6.45, 7) is 6.63. The summed E-state index contributed by atoms with van der Waals surface area (Å²) in [5.74, 6) is 0. The van der Waals surface area contributed by atoms with Crippen molar-refractivity contribution in [3.05, 3.63) is 46.8 Å². The number of nitriles is 1. The SMILES string of the molecule is CC(C)(C)c1ccc(-c2ccc(C#N)s2)cc1. The van der Waals surface area contributed by atoms with E-state index in [1.165, 1.54) is 22.5 Å². The molecule has 2 heteroatoms. The van der Waals surface area contributed by atoms with Gasteiger partial charge in [0.15, 0.2) is 0 Å². The second-order valence-corrected chi connectivity index (χ2v) is 6.19. The summed E-state index contributed by atoms with van der Waals surface area (Å²) >= 11 is 1.54. The second-order valence-electron chi connectivity index (χ2n) is 5.10. The quantitative estimate of drug-likeness (QED) is 0.716. The van der Waals surface area contributed by atoms with E-state index in [1.807, 2.05) is 12.1 Å². The van der Waals surface area contributed by atoms with E-state index >= 15 is 0 Å². The molecule has 86 valence electrons. The molecular formula is C15H15NS. The van der Waals surface area contributed by atoms with Crippen LogP contribution >= 0.6 is 11.3 Å². The number of nitrogens with zero attached hydrogens (tertiary/aromatic N) is 1. The Morgan fingerprint density at radius 1 is 1.00 bits per heavy atom. The number of hydrogen-bond donors (Lipinski definition) is 0. The van der Waals surface area contributed by atoms with E-state index in [-0.39, 0.29) is 5.41 Å². The Morgan fingerprint density at radius 3 is 2.12 bits per heavy atom. The van der Waals surface area contributed by atoms with Gasteiger partial charge in [0.2, 0.25) is 0 Å². The van der Waals surface area contributed by atoms with Gasteiger partial charge in [-0.2, -0.15) is 5.26 Å². The molecule has 1 heterocycles. The highest BCUT2D eigenvalue weighted by Crippen LogP contribution is 2.30. The van der Waals surface area contributed by atoms with Crippen molar-refractivity contribution in [2.24, 2.45) is 0 Å². The van der Waals surface area contributed by atoms with Crippen LogP contribution in [0.15, 0.2) is 36.4 Å². The number of hydrogen-bond acceptors (Lipinski definition) is 2. The van der Waals surface area contributed by atoms with Gasteiger partial charge in [0, 0.05) is 4.88 Å². The van der Waals surface area contributed by atoms with Gasteiger partial charge in [-0.05, 0) is 28.7 Å². The predicted molar refractivity (Wildman–Crippen MR) is 73.2 cm³/mol. The molecule has 0 amide bonds. The minimum Gasteiger partial charge on any atom is -0.192 e. The predicted octanol–water partition coefficient (Wildman–Crippen LogP) is 4.58. The molecule has 17 heavy (non-hydrogen) atoms. The fourth-order valence-corrected chi connectivity index (χ4v) is 2.50. The van der Waals surface area contributed by atoms with E-state index in [2.05, 4.69) is 51.1 Å². The average Bonchev–Trinajstić information content (AvgIpc) is 2.76. The van der Waals surface area contributed by atoms with E-state index < -0.39 is 0 Å². The summed E-state index contributed by atoms with van der Waals surface area (Å²) in [6.07, 6.45) is 0. The first-order valence-corrected chi connectivity index (χ1v) is 6.43. The molecule has 2 rings (SSSR count). The largest absolute Gasteiger partial charge is 0.192 e. The average molecular weight is 241 g/mol. The van der Waals surface area contributed by atoms with Gasteiger partial charge in [0.05, 0.1) is 0 Å². The fraction of sp³-hybridized carbons (Fsp3) is 0.267. The highest BCUT2D eigenvalue weighted by atomic mass is 32.1.